The SMILES string of the molecule is O=C(c1csc([C@@H]2CN3CCC[C@@H]3CN2)n1)c1cccc2ccccc12. The molecule has 0 amide bonds. The molecule has 0 aliphatic carbocycles. The average Bonchev–Trinajstić information content (AvgIpc) is 3.35. The molecule has 2 aromatic carbocycles. The fourth-order valence-electron chi connectivity index (χ4n) is 4.22. The Morgan fingerprint density at radius 2 is 2.08 bits per heavy atom. The summed E-state index contributed by atoms with van der Waals surface area (Å²) < 4.78 is 0. The maximum Gasteiger partial charge on any atom is 0.212 e. The van der Waals surface area contributed by atoms with E-state index >= 15 is 0 Å². The molecular weight excluding hydrogens is 342 g/mol. The van der Waals surface area contributed by atoms with E-state index in [1.165, 1.54) is 19.4 Å². The van der Waals surface area contributed by atoms with E-state index < -0.39 is 0 Å². The molecule has 3 heterocycles. The summed E-state index contributed by atoms with van der Waals surface area (Å²) in [6.07, 6.45) is 2.59. The molecule has 1 N–H and O–H groups in total. The van der Waals surface area contributed by atoms with Crippen LogP contribution in [0.2, 0.25) is 0 Å². The van der Waals surface area contributed by atoms with E-state index in [-0.39, 0.29) is 11.8 Å². The van der Waals surface area contributed by atoms with E-state index in [4.69, 9.17) is 4.98 Å². The molecule has 0 bridgehead atoms. The molecule has 2 fully saturated rings. The number of hydrogen-bond acceptors (Lipinski definition) is 5. The number of fused-ring (bicyclic) bond motifs is 2. The van der Waals surface area contributed by atoms with Gasteiger partial charge in [0.2, 0.25) is 5.78 Å². The van der Waals surface area contributed by atoms with Crippen molar-refractivity contribution < 1.29 is 4.79 Å². The normalized spacial score (nSPS) is 23.2. The first-order chi connectivity index (χ1) is 12.8. The van der Waals surface area contributed by atoms with Crippen LogP contribution in [0.1, 0.15) is 39.9 Å². The zero-order valence-electron chi connectivity index (χ0n) is 14.5. The summed E-state index contributed by atoms with van der Waals surface area (Å²) in [4.78, 5) is 20.3. The highest BCUT2D eigenvalue weighted by atomic mass is 32.1. The van der Waals surface area contributed by atoms with Crippen LogP contribution < -0.4 is 5.32 Å². The van der Waals surface area contributed by atoms with Crippen molar-refractivity contribution in [1.82, 2.24) is 15.2 Å². The maximum atomic E-state index is 13.1. The van der Waals surface area contributed by atoms with Crippen molar-refractivity contribution in [3.63, 3.8) is 0 Å². The van der Waals surface area contributed by atoms with E-state index in [0.717, 1.165) is 34.4 Å². The first-order valence-electron chi connectivity index (χ1n) is 9.25. The van der Waals surface area contributed by atoms with Gasteiger partial charge >= 0.3 is 0 Å². The second kappa shape index (κ2) is 6.58. The number of hydrogen-bond donors (Lipinski definition) is 1. The third-order valence-electron chi connectivity index (χ3n) is 5.60. The fraction of sp³-hybridized carbons (Fsp3) is 0.333. The van der Waals surface area contributed by atoms with Crippen LogP contribution in [-0.2, 0) is 0 Å². The Labute approximate surface area is 156 Å². The minimum absolute atomic E-state index is 0.0131. The first-order valence-corrected chi connectivity index (χ1v) is 10.1. The van der Waals surface area contributed by atoms with Crippen molar-refractivity contribution in [3.05, 3.63) is 64.1 Å². The van der Waals surface area contributed by atoms with Gasteiger partial charge < -0.3 is 5.32 Å². The molecule has 3 aromatic rings. The van der Waals surface area contributed by atoms with Gasteiger partial charge in [-0.3, -0.25) is 9.69 Å². The molecule has 26 heavy (non-hydrogen) atoms. The lowest BCUT2D eigenvalue weighted by Gasteiger charge is -2.35. The summed E-state index contributed by atoms with van der Waals surface area (Å²) in [6.45, 7) is 3.22. The van der Waals surface area contributed by atoms with Crippen molar-refractivity contribution >= 4 is 27.9 Å². The van der Waals surface area contributed by atoms with E-state index in [9.17, 15) is 4.79 Å². The predicted octanol–water partition coefficient (Wildman–Crippen LogP) is 3.64. The molecule has 5 rings (SSSR count). The third-order valence-corrected chi connectivity index (χ3v) is 6.56. The minimum Gasteiger partial charge on any atom is -0.305 e. The van der Waals surface area contributed by atoms with Crippen LogP contribution in [0.3, 0.4) is 0 Å². The van der Waals surface area contributed by atoms with Gasteiger partial charge in [-0.2, -0.15) is 0 Å². The van der Waals surface area contributed by atoms with Gasteiger partial charge in [0, 0.05) is 30.1 Å². The van der Waals surface area contributed by atoms with Crippen molar-refractivity contribution in [3.8, 4) is 0 Å². The summed E-state index contributed by atoms with van der Waals surface area (Å²) in [5, 5.41) is 8.64. The van der Waals surface area contributed by atoms with Crippen molar-refractivity contribution in [2.45, 2.75) is 24.9 Å². The highest BCUT2D eigenvalue weighted by Crippen LogP contribution is 2.29. The number of benzene rings is 2. The monoisotopic (exact) mass is 363 g/mol. The Kier molecular flexibility index (Phi) is 4.08. The van der Waals surface area contributed by atoms with Crippen LogP contribution in [0.5, 0.6) is 0 Å². The number of ketones is 1. The number of aromatic nitrogens is 1. The molecule has 0 saturated carbocycles. The Bertz CT molecular complexity index is 961. The molecule has 2 atom stereocenters. The molecule has 2 aliphatic heterocycles. The van der Waals surface area contributed by atoms with Gasteiger partial charge in [0.25, 0.3) is 0 Å². The highest BCUT2D eigenvalue weighted by molar-refractivity contribution is 7.10. The second-order valence-electron chi connectivity index (χ2n) is 7.18. The quantitative estimate of drug-likeness (QED) is 0.722. The molecule has 2 aliphatic rings. The lowest BCUT2D eigenvalue weighted by molar-refractivity contribution is 0.103. The molecular formula is C21H21N3OS. The van der Waals surface area contributed by atoms with Gasteiger partial charge in [0.1, 0.15) is 10.7 Å². The number of nitrogens with zero attached hydrogens (tertiary/aromatic N) is 2. The van der Waals surface area contributed by atoms with Crippen LogP contribution in [0.15, 0.2) is 47.8 Å². The summed E-state index contributed by atoms with van der Waals surface area (Å²) in [5.41, 5.74) is 1.29. The topological polar surface area (TPSA) is 45.2 Å². The number of carbonyl (C=O) groups excluding carboxylic acids is 1. The van der Waals surface area contributed by atoms with Crippen molar-refractivity contribution in [2.24, 2.45) is 0 Å². The molecule has 2 saturated heterocycles. The van der Waals surface area contributed by atoms with E-state index in [1.807, 2.05) is 47.8 Å². The van der Waals surface area contributed by atoms with Crippen LogP contribution in [0.25, 0.3) is 10.8 Å². The van der Waals surface area contributed by atoms with Crippen LogP contribution in [0, 0.1) is 0 Å². The van der Waals surface area contributed by atoms with Crippen LogP contribution >= 0.6 is 11.3 Å². The Morgan fingerprint density at radius 3 is 3.04 bits per heavy atom. The number of rotatable bonds is 3. The number of thiazole rings is 1. The predicted molar refractivity (Wildman–Crippen MR) is 105 cm³/mol. The van der Waals surface area contributed by atoms with Crippen molar-refractivity contribution in [2.75, 3.05) is 19.6 Å². The molecule has 4 nitrogen and oxygen atoms in total. The zero-order valence-corrected chi connectivity index (χ0v) is 15.3. The average molecular weight is 363 g/mol. The van der Waals surface area contributed by atoms with Gasteiger partial charge in [-0.1, -0.05) is 42.5 Å². The zero-order chi connectivity index (χ0) is 17.5. The molecule has 0 spiro atoms. The summed E-state index contributed by atoms with van der Waals surface area (Å²) >= 11 is 1.60. The number of carbonyl (C=O) groups is 1. The van der Waals surface area contributed by atoms with Gasteiger partial charge in [0.15, 0.2) is 0 Å². The summed E-state index contributed by atoms with van der Waals surface area (Å²) in [6, 6.07) is 14.8. The first kappa shape index (κ1) is 16.1. The van der Waals surface area contributed by atoms with Gasteiger partial charge in [-0.25, -0.2) is 4.98 Å². The summed E-state index contributed by atoms with van der Waals surface area (Å²) in [7, 11) is 0. The van der Waals surface area contributed by atoms with Gasteiger partial charge in [-0.15, -0.1) is 11.3 Å². The largest absolute Gasteiger partial charge is 0.305 e. The molecule has 1 aromatic heterocycles. The maximum absolute atomic E-state index is 13.1. The van der Waals surface area contributed by atoms with E-state index in [1.54, 1.807) is 11.3 Å². The second-order valence-corrected chi connectivity index (χ2v) is 8.07. The highest BCUT2D eigenvalue weighted by Gasteiger charge is 2.33. The molecule has 132 valence electrons. The van der Waals surface area contributed by atoms with Gasteiger partial charge in [-0.05, 0) is 30.2 Å². The van der Waals surface area contributed by atoms with E-state index in [2.05, 4.69) is 10.2 Å². The lowest BCUT2D eigenvalue weighted by Crippen LogP contribution is -2.49. The Hall–Kier alpha value is -2.08. The Morgan fingerprint density at radius 1 is 1.19 bits per heavy atom. The Balaban J connectivity index is 1.42. The van der Waals surface area contributed by atoms with Crippen molar-refractivity contribution in [1.29, 1.82) is 0 Å². The molecule has 0 unspecified atom stereocenters. The number of piperazine rings is 1. The fourth-order valence-corrected chi connectivity index (χ4v) is 5.09. The third kappa shape index (κ3) is 2.76. The minimum atomic E-state index is 0.0131. The standard InChI is InChI=1S/C21H21N3OS/c25-20(17-9-3-6-14-5-1-2-8-16(14)17)19-13-26-21(23-19)18-12-24-10-4-7-15(24)11-22-18/h1-3,5-6,8-9,13,15,18,22H,4,7,10-12H2/t15-,18+/m1/s1. The smallest absolute Gasteiger partial charge is 0.212 e. The van der Waals surface area contributed by atoms with Gasteiger partial charge in [0.05, 0.1) is 6.04 Å². The lowest BCUT2D eigenvalue weighted by atomic mass is 10.0. The molecule has 5 heteroatoms. The van der Waals surface area contributed by atoms with Crippen LogP contribution in [0.4, 0.5) is 0 Å². The number of nitrogens with one attached hydrogen (secondary N) is 1. The summed E-state index contributed by atoms with van der Waals surface area (Å²) in [5.74, 6) is 0.0131. The molecule has 0 radical (unpaired) electrons. The van der Waals surface area contributed by atoms with E-state index in [0.29, 0.717) is 11.7 Å². The van der Waals surface area contributed by atoms with Crippen LogP contribution in [-0.4, -0.2) is 41.3 Å².